The maximum absolute atomic E-state index is 9.89. The van der Waals surface area contributed by atoms with Crippen LogP contribution in [0.3, 0.4) is 0 Å². The normalized spacial score (nSPS) is 13.8. The number of aliphatic hydroxyl groups is 1. The Morgan fingerprint density at radius 1 is 1.21 bits per heavy atom. The molecule has 4 nitrogen and oxygen atoms in total. The van der Waals surface area contributed by atoms with Crippen molar-refractivity contribution < 1.29 is 5.11 Å². The summed E-state index contributed by atoms with van der Waals surface area (Å²) in [5.74, 6) is 0. The zero-order valence-corrected chi connectivity index (χ0v) is 14.9. The summed E-state index contributed by atoms with van der Waals surface area (Å²) in [4.78, 5) is 1.18. The van der Waals surface area contributed by atoms with Crippen molar-refractivity contribution in [2.45, 2.75) is 18.9 Å². The van der Waals surface area contributed by atoms with Crippen LogP contribution >= 0.6 is 11.3 Å². The van der Waals surface area contributed by atoms with Crippen molar-refractivity contribution in [3.8, 4) is 10.6 Å². The Morgan fingerprint density at radius 2 is 2.00 bits per heavy atom. The minimum absolute atomic E-state index is 0.106. The molecule has 1 aromatic carbocycles. The smallest absolute Gasteiger partial charge is 0.107 e. The molecule has 2 heterocycles. The minimum Gasteiger partial charge on any atom is -0.395 e. The van der Waals surface area contributed by atoms with Gasteiger partial charge in [-0.15, -0.1) is 11.3 Å². The Hall–Kier alpha value is -1.95. The summed E-state index contributed by atoms with van der Waals surface area (Å²) in [6.07, 6.45) is 2.06. The van der Waals surface area contributed by atoms with Crippen LogP contribution in [0.4, 0.5) is 0 Å². The average Bonchev–Trinajstić information content (AvgIpc) is 3.25. The van der Waals surface area contributed by atoms with E-state index in [0.29, 0.717) is 6.54 Å². The maximum atomic E-state index is 9.89. The largest absolute Gasteiger partial charge is 0.395 e. The fourth-order valence-corrected chi connectivity index (χ4v) is 3.59. The molecule has 24 heavy (non-hydrogen) atoms. The number of aryl methyl sites for hydroxylation is 1. The number of hydrogen-bond donors (Lipinski definition) is 2. The highest BCUT2D eigenvalue weighted by Gasteiger charge is 2.25. The predicted molar refractivity (Wildman–Crippen MR) is 99.1 cm³/mol. The van der Waals surface area contributed by atoms with E-state index in [0.717, 1.165) is 17.8 Å². The molecule has 0 radical (unpaired) electrons. The second-order valence-electron chi connectivity index (χ2n) is 6.34. The van der Waals surface area contributed by atoms with E-state index in [1.165, 1.54) is 10.4 Å². The first-order valence-corrected chi connectivity index (χ1v) is 8.94. The highest BCUT2D eigenvalue weighted by atomic mass is 32.1. The van der Waals surface area contributed by atoms with Crippen LogP contribution in [0.2, 0.25) is 0 Å². The third-order valence-corrected chi connectivity index (χ3v) is 5.19. The maximum Gasteiger partial charge on any atom is 0.107 e. The molecule has 0 bridgehead atoms. The number of aliphatic hydroxyl groups excluding tert-OH is 1. The van der Waals surface area contributed by atoms with E-state index in [1.54, 1.807) is 11.3 Å². The minimum atomic E-state index is -0.299. The lowest BCUT2D eigenvalue weighted by Crippen LogP contribution is -2.38. The molecule has 3 aromatic rings. The van der Waals surface area contributed by atoms with Gasteiger partial charge in [0.2, 0.25) is 0 Å². The Kier molecular flexibility index (Phi) is 5.14. The average molecular weight is 341 g/mol. The fourth-order valence-electron chi connectivity index (χ4n) is 2.85. The highest BCUT2D eigenvalue weighted by molar-refractivity contribution is 7.13. The summed E-state index contributed by atoms with van der Waals surface area (Å²) >= 11 is 1.70. The van der Waals surface area contributed by atoms with Gasteiger partial charge >= 0.3 is 0 Å². The van der Waals surface area contributed by atoms with Crippen molar-refractivity contribution in [3.63, 3.8) is 0 Å². The Labute approximate surface area is 146 Å². The Bertz CT molecular complexity index is 767. The molecule has 1 unspecified atom stereocenters. The monoisotopic (exact) mass is 341 g/mol. The van der Waals surface area contributed by atoms with E-state index >= 15 is 0 Å². The second-order valence-corrected chi connectivity index (χ2v) is 7.29. The lowest BCUT2D eigenvalue weighted by Gasteiger charge is -2.28. The van der Waals surface area contributed by atoms with E-state index in [9.17, 15) is 5.11 Å². The van der Waals surface area contributed by atoms with Gasteiger partial charge in [0.15, 0.2) is 0 Å². The number of nitrogens with zero attached hydrogens (tertiary/aromatic N) is 2. The first-order valence-electron chi connectivity index (χ1n) is 8.06. The first kappa shape index (κ1) is 16.9. The van der Waals surface area contributed by atoms with Crippen molar-refractivity contribution >= 4 is 11.3 Å². The number of rotatable bonds is 7. The lowest BCUT2D eigenvalue weighted by atomic mass is 9.83. The summed E-state index contributed by atoms with van der Waals surface area (Å²) in [7, 11) is 1.95. The molecule has 0 saturated heterocycles. The van der Waals surface area contributed by atoms with Gasteiger partial charge in [0.05, 0.1) is 11.5 Å². The molecule has 0 aliphatic rings. The Morgan fingerprint density at radius 3 is 2.67 bits per heavy atom. The molecule has 5 heteroatoms. The molecule has 3 rings (SSSR count). The molecule has 126 valence electrons. The third kappa shape index (κ3) is 3.59. The quantitative estimate of drug-likeness (QED) is 0.694. The zero-order chi connectivity index (χ0) is 17.0. The van der Waals surface area contributed by atoms with Crippen LogP contribution in [-0.2, 0) is 19.0 Å². The number of hydrogen-bond acceptors (Lipinski definition) is 4. The van der Waals surface area contributed by atoms with Gasteiger partial charge in [-0.25, -0.2) is 0 Å². The predicted octanol–water partition coefficient (Wildman–Crippen LogP) is 3.19. The van der Waals surface area contributed by atoms with E-state index < -0.39 is 0 Å². The van der Waals surface area contributed by atoms with Crippen LogP contribution in [0.5, 0.6) is 0 Å². The highest BCUT2D eigenvalue weighted by Crippen LogP contribution is 2.27. The molecular formula is C19H23N3OS. The van der Waals surface area contributed by atoms with Crippen LogP contribution in [0, 0.1) is 0 Å². The number of aromatic nitrogens is 2. The topological polar surface area (TPSA) is 50.1 Å². The van der Waals surface area contributed by atoms with Crippen molar-refractivity contribution in [2.75, 3.05) is 13.2 Å². The van der Waals surface area contributed by atoms with Crippen molar-refractivity contribution in [3.05, 3.63) is 65.2 Å². The summed E-state index contributed by atoms with van der Waals surface area (Å²) in [5.41, 5.74) is 3.05. The lowest BCUT2D eigenvalue weighted by molar-refractivity contribution is 0.201. The molecule has 0 saturated carbocycles. The fraction of sp³-hybridized carbons (Fsp3) is 0.316. The molecule has 0 spiro atoms. The second kappa shape index (κ2) is 7.30. The first-order chi connectivity index (χ1) is 11.6. The molecule has 2 aromatic heterocycles. The molecule has 2 N–H and O–H groups in total. The van der Waals surface area contributed by atoms with E-state index in [-0.39, 0.29) is 12.0 Å². The van der Waals surface area contributed by atoms with Gasteiger partial charge in [-0.3, -0.25) is 4.68 Å². The van der Waals surface area contributed by atoms with E-state index in [2.05, 4.69) is 47.1 Å². The summed E-state index contributed by atoms with van der Waals surface area (Å²) in [6.45, 7) is 3.61. The van der Waals surface area contributed by atoms with Gasteiger partial charge in [-0.1, -0.05) is 43.3 Å². The summed E-state index contributed by atoms with van der Waals surface area (Å²) < 4.78 is 1.86. The van der Waals surface area contributed by atoms with Gasteiger partial charge in [0.25, 0.3) is 0 Å². The molecule has 0 fully saturated rings. The van der Waals surface area contributed by atoms with E-state index in [4.69, 9.17) is 0 Å². The molecule has 1 atom stereocenters. The van der Waals surface area contributed by atoms with Crippen molar-refractivity contribution in [1.82, 2.24) is 15.1 Å². The van der Waals surface area contributed by atoms with Crippen LogP contribution in [-0.4, -0.2) is 28.0 Å². The number of benzene rings is 1. The van der Waals surface area contributed by atoms with Gasteiger partial charge in [0.1, 0.15) is 5.69 Å². The number of thiophene rings is 1. The van der Waals surface area contributed by atoms with Crippen molar-refractivity contribution in [1.29, 1.82) is 0 Å². The van der Waals surface area contributed by atoms with Crippen LogP contribution in [0.1, 0.15) is 18.1 Å². The zero-order valence-electron chi connectivity index (χ0n) is 14.1. The SMILES string of the molecule is Cn1cc(CNCC(C)(CO)c2ccccc2)c(-c2cccs2)n1. The summed E-state index contributed by atoms with van der Waals surface area (Å²) in [5, 5.41) is 20.0. The Balaban J connectivity index is 1.70. The molecule has 0 aliphatic heterocycles. The van der Waals surface area contributed by atoms with Crippen LogP contribution in [0.25, 0.3) is 10.6 Å². The molecule has 0 amide bonds. The van der Waals surface area contributed by atoms with Gasteiger partial charge in [-0.05, 0) is 17.0 Å². The number of nitrogens with one attached hydrogen (secondary N) is 1. The van der Waals surface area contributed by atoms with Crippen LogP contribution < -0.4 is 5.32 Å². The third-order valence-electron chi connectivity index (χ3n) is 4.31. The van der Waals surface area contributed by atoms with Crippen LogP contribution in [0.15, 0.2) is 54.0 Å². The van der Waals surface area contributed by atoms with Gasteiger partial charge < -0.3 is 10.4 Å². The van der Waals surface area contributed by atoms with Gasteiger partial charge in [-0.2, -0.15) is 5.10 Å². The summed E-state index contributed by atoms with van der Waals surface area (Å²) in [6, 6.07) is 14.3. The van der Waals surface area contributed by atoms with E-state index in [1.807, 2.05) is 36.0 Å². The van der Waals surface area contributed by atoms with Gasteiger partial charge in [0, 0.05) is 37.3 Å². The molecular weight excluding hydrogens is 318 g/mol. The molecule has 0 aliphatic carbocycles. The van der Waals surface area contributed by atoms with Crippen molar-refractivity contribution in [2.24, 2.45) is 7.05 Å². The standard InChI is InChI=1S/C19H23N3OS/c1-19(14-23,16-7-4-3-5-8-16)13-20-11-15-12-22(2)21-18(15)17-9-6-10-24-17/h3-10,12,20,23H,11,13-14H2,1-2H3.